The van der Waals surface area contributed by atoms with Gasteiger partial charge < -0.3 is 15.6 Å². The molecule has 0 aromatic heterocycles. The number of aliphatic hydroxyl groups is 1. The van der Waals surface area contributed by atoms with E-state index in [2.05, 4.69) is 0 Å². The van der Waals surface area contributed by atoms with Crippen LogP contribution in [0.2, 0.25) is 0 Å². The highest BCUT2D eigenvalue weighted by atomic mass is 19.4. The van der Waals surface area contributed by atoms with Gasteiger partial charge in [0.25, 0.3) is 0 Å². The third kappa shape index (κ3) is 4.49. The Morgan fingerprint density at radius 3 is 2.58 bits per heavy atom. The fourth-order valence-corrected chi connectivity index (χ4v) is 1.90. The number of hydrogen-bond acceptors (Lipinski definition) is 3. The highest BCUT2D eigenvalue weighted by Gasteiger charge is 2.31. The zero-order valence-electron chi connectivity index (χ0n) is 10.7. The van der Waals surface area contributed by atoms with Crippen LogP contribution in [0.1, 0.15) is 23.5 Å². The van der Waals surface area contributed by atoms with Gasteiger partial charge >= 0.3 is 6.18 Å². The fraction of sp³-hybridized carbons (Fsp3) is 0.538. The van der Waals surface area contributed by atoms with Crippen molar-refractivity contribution in [2.24, 2.45) is 5.73 Å². The van der Waals surface area contributed by atoms with Crippen LogP contribution in [0, 0.1) is 0 Å². The molecule has 6 heteroatoms. The summed E-state index contributed by atoms with van der Waals surface area (Å²) in [4.78, 5) is 0. The summed E-state index contributed by atoms with van der Waals surface area (Å²) in [7, 11) is 1.49. The molecule has 0 amide bonds. The van der Waals surface area contributed by atoms with Crippen molar-refractivity contribution >= 4 is 0 Å². The van der Waals surface area contributed by atoms with Gasteiger partial charge in [-0.05, 0) is 18.1 Å². The van der Waals surface area contributed by atoms with Crippen molar-refractivity contribution in [3.8, 4) is 0 Å². The van der Waals surface area contributed by atoms with Gasteiger partial charge in [0.15, 0.2) is 0 Å². The van der Waals surface area contributed by atoms with E-state index in [1.807, 2.05) is 0 Å². The highest BCUT2D eigenvalue weighted by Crippen LogP contribution is 2.31. The van der Waals surface area contributed by atoms with Crippen LogP contribution in [0.25, 0.3) is 0 Å². The van der Waals surface area contributed by atoms with E-state index in [0.717, 1.165) is 12.1 Å². The summed E-state index contributed by atoms with van der Waals surface area (Å²) in [5.41, 5.74) is 5.21. The Kier molecular flexibility index (Phi) is 5.78. The van der Waals surface area contributed by atoms with Crippen molar-refractivity contribution in [1.29, 1.82) is 0 Å². The second kappa shape index (κ2) is 6.88. The van der Waals surface area contributed by atoms with Crippen LogP contribution in [-0.2, 0) is 10.9 Å². The topological polar surface area (TPSA) is 55.5 Å². The Bertz CT molecular complexity index is 396. The SMILES string of the molecule is COCCC(O)C(CN)c1cccc(C(F)(F)F)c1. The summed E-state index contributed by atoms with van der Waals surface area (Å²) < 4.78 is 42.7. The van der Waals surface area contributed by atoms with Gasteiger partial charge in [-0.2, -0.15) is 13.2 Å². The first kappa shape index (κ1) is 15.9. The lowest BCUT2D eigenvalue weighted by Crippen LogP contribution is -2.27. The number of ether oxygens (including phenoxy) is 1. The van der Waals surface area contributed by atoms with E-state index in [-0.39, 0.29) is 6.54 Å². The van der Waals surface area contributed by atoms with Gasteiger partial charge in [-0.15, -0.1) is 0 Å². The molecule has 2 atom stereocenters. The first-order chi connectivity index (χ1) is 8.90. The number of aliphatic hydroxyl groups excluding tert-OH is 1. The molecule has 108 valence electrons. The summed E-state index contributed by atoms with van der Waals surface area (Å²) in [5, 5.41) is 9.95. The zero-order chi connectivity index (χ0) is 14.5. The number of alkyl halides is 3. The van der Waals surface area contributed by atoms with Crippen molar-refractivity contribution in [3.05, 3.63) is 35.4 Å². The lowest BCUT2D eigenvalue weighted by Gasteiger charge is -2.22. The maximum absolute atomic E-state index is 12.6. The molecule has 3 nitrogen and oxygen atoms in total. The number of halogens is 3. The molecule has 0 aliphatic rings. The molecule has 0 radical (unpaired) electrons. The van der Waals surface area contributed by atoms with Gasteiger partial charge in [0, 0.05) is 26.2 Å². The molecule has 0 fully saturated rings. The Morgan fingerprint density at radius 1 is 1.37 bits per heavy atom. The van der Waals surface area contributed by atoms with Gasteiger partial charge in [0.2, 0.25) is 0 Å². The van der Waals surface area contributed by atoms with E-state index in [9.17, 15) is 18.3 Å². The Morgan fingerprint density at radius 2 is 2.05 bits per heavy atom. The summed E-state index contributed by atoms with van der Waals surface area (Å²) >= 11 is 0. The van der Waals surface area contributed by atoms with Crippen LogP contribution in [0.15, 0.2) is 24.3 Å². The molecular weight excluding hydrogens is 259 g/mol. The van der Waals surface area contributed by atoms with E-state index in [1.54, 1.807) is 6.07 Å². The molecule has 0 aliphatic carbocycles. The van der Waals surface area contributed by atoms with E-state index < -0.39 is 23.8 Å². The van der Waals surface area contributed by atoms with Crippen LogP contribution in [0.4, 0.5) is 13.2 Å². The summed E-state index contributed by atoms with van der Waals surface area (Å²) in [6.07, 6.45) is -4.89. The number of nitrogens with two attached hydrogens (primary N) is 1. The second-order valence-electron chi connectivity index (χ2n) is 4.31. The Balaban J connectivity index is 2.92. The molecule has 0 saturated carbocycles. The van der Waals surface area contributed by atoms with Crippen LogP contribution < -0.4 is 5.73 Å². The van der Waals surface area contributed by atoms with Crippen LogP contribution in [0.3, 0.4) is 0 Å². The lowest BCUT2D eigenvalue weighted by molar-refractivity contribution is -0.137. The maximum Gasteiger partial charge on any atom is 0.416 e. The van der Waals surface area contributed by atoms with Crippen LogP contribution >= 0.6 is 0 Å². The molecule has 1 aromatic rings. The summed E-state index contributed by atoms with van der Waals surface area (Å²) in [6.45, 7) is 0.406. The molecule has 2 unspecified atom stereocenters. The van der Waals surface area contributed by atoms with Gasteiger partial charge in [0.1, 0.15) is 0 Å². The fourth-order valence-electron chi connectivity index (χ4n) is 1.90. The summed E-state index contributed by atoms with van der Waals surface area (Å²) in [5.74, 6) is -0.530. The van der Waals surface area contributed by atoms with Gasteiger partial charge in [0.05, 0.1) is 11.7 Å². The third-order valence-electron chi connectivity index (χ3n) is 2.98. The standard InChI is InChI=1S/C13H18F3NO2/c1-19-6-5-12(18)11(8-17)9-3-2-4-10(7-9)13(14,15)16/h2-4,7,11-12,18H,5-6,8,17H2,1H3. The second-order valence-corrected chi connectivity index (χ2v) is 4.31. The zero-order valence-corrected chi connectivity index (χ0v) is 10.7. The molecule has 0 saturated heterocycles. The Labute approximate surface area is 110 Å². The van der Waals surface area contributed by atoms with Crippen LogP contribution in [-0.4, -0.2) is 31.5 Å². The van der Waals surface area contributed by atoms with E-state index >= 15 is 0 Å². The summed E-state index contributed by atoms with van der Waals surface area (Å²) in [6, 6.07) is 4.90. The molecule has 1 aromatic carbocycles. The first-order valence-corrected chi connectivity index (χ1v) is 5.94. The molecular formula is C13H18F3NO2. The Hall–Kier alpha value is -1.11. The predicted molar refractivity (Wildman–Crippen MR) is 65.7 cm³/mol. The molecule has 0 bridgehead atoms. The highest BCUT2D eigenvalue weighted by molar-refractivity contribution is 5.29. The van der Waals surface area contributed by atoms with Crippen molar-refractivity contribution in [3.63, 3.8) is 0 Å². The first-order valence-electron chi connectivity index (χ1n) is 5.94. The smallest absolute Gasteiger partial charge is 0.392 e. The van der Waals surface area contributed by atoms with E-state index in [0.29, 0.717) is 18.6 Å². The predicted octanol–water partition coefficient (Wildman–Crippen LogP) is 2.15. The monoisotopic (exact) mass is 277 g/mol. The quantitative estimate of drug-likeness (QED) is 0.837. The van der Waals surface area contributed by atoms with E-state index in [1.165, 1.54) is 13.2 Å². The van der Waals surface area contributed by atoms with Gasteiger partial charge in [-0.1, -0.05) is 18.2 Å². The number of hydrogen-bond donors (Lipinski definition) is 2. The lowest BCUT2D eigenvalue weighted by atomic mass is 9.90. The largest absolute Gasteiger partial charge is 0.416 e. The molecule has 0 heterocycles. The minimum Gasteiger partial charge on any atom is -0.392 e. The molecule has 0 spiro atoms. The van der Waals surface area contributed by atoms with Crippen LogP contribution in [0.5, 0.6) is 0 Å². The molecule has 1 rings (SSSR count). The third-order valence-corrected chi connectivity index (χ3v) is 2.98. The minimum absolute atomic E-state index is 0.0756. The number of benzene rings is 1. The van der Waals surface area contributed by atoms with Crippen molar-refractivity contribution in [2.45, 2.75) is 24.6 Å². The number of methoxy groups -OCH3 is 1. The van der Waals surface area contributed by atoms with Gasteiger partial charge in [-0.25, -0.2) is 0 Å². The molecule has 0 aliphatic heterocycles. The normalized spacial score (nSPS) is 15.3. The maximum atomic E-state index is 12.6. The molecule has 19 heavy (non-hydrogen) atoms. The average Bonchev–Trinajstić information content (AvgIpc) is 2.36. The minimum atomic E-state index is -4.40. The average molecular weight is 277 g/mol. The number of rotatable bonds is 6. The van der Waals surface area contributed by atoms with Crippen molar-refractivity contribution in [2.75, 3.05) is 20.3 Å². The molecule has 3 N–H and O–H groups in total. The van der Waals surface area contributed by atoms with Crippen molar-refractivity contribution in [1.82, 2.24) is 0 Å². The van der Waals surface area contributed by atoms with Crippen molar-refractivity contribution < 1.29 is 23.0 Å². The van der Waals surface area contributed by atoms with Gasteiger partial charge in [-0.3, -0.25) is 0 Å². The van der Waals surface area contributed by atoms with E-state index in [4.69, 9.17) is 10.5 Å².